The van der Waals surface area contributed by atoms with Crippen molar-refractivity contribution in [3.05, 3.63) is 33.2 Å². The Kier molecular flexibility index (Phi) is 5.75. The minimum Gasteiger partial charge on any atom is -0.481 e. The molecule has 0 saturated carbocycles. The van der Waals surface area contributed by atoms with Gasteiger partial charge in [-0.3, -0.25) is 14.4 Å². The average molecular weight is 331 g/mol. The summed E-state index contributed by atoms with van der Waals surface area (Å²) in [6, 6.07) is 2.97. The van der Waals surface area contributed by atoms with Gasteiger partial charge in [0, 0.05) is 29.7 Å². The van der Waals surface area contributed by atoms with Gasteiger partial charge in [-0.15, -0.1) is 0 Å². The predicted octanol–water partition coefficient (Wildman–Crippen LogP) is 0.838. The van der Waals surface area contributed by atoms with Crippen LogP contribution in [0.5, 0.6) is 0 Å². The Morgan fingerprint density at radius 1 is 1.47 bits per heavy atom. The topological polar surface area (TPSA) is 88.4 Å². The van der Waals surface area contributed by atoms with Crippen LogP contribution < -0.4 is 10.9 Å². The molecule has 1 heterocycles. The Morgan fingerprint density at radius 3 is 2.79 bits per heavy atom. The van der Waals surface area contributed by atoms with Crippen LogP contribution in [0.1, 0.15) is 13.3 Å². The Bertz CT molecular complexity index is 527. The number of carbonyl (C=O) groups excluding carboxylic acids is 1. The van der Waals surface area contributed by atoms with Gasteiger partial charge in [-0.25, -0.2) is 0 Å². The largest absolute Gasteiger partial charge is 0.481 e. The van der Waals surface area contributed by atoms with Gasteiger partial charge >= 0.3 is 5.97 Å². The number of hydrogen-bond acceptors (Lipinski definition) is 3. The SMILES string of the molecule is CC(CNC(=O)Cn1cc(Br)ccc1=O)CC(=O)O. The maximum Gasteiger partial charge on any atom is 0.303 e. The molecule has 6 nitrogen and oxygen atoms in total. The zero-order valence-electron chi connectivity index (χ0n) is 10.4. The fraction of sp³-hybridized carbons (Fsp3) is 0.417. The Morgan fingerprint density at radius 2 is 2.16 bits per heavy atom. The normalized spacial score (nSPS) is 11.9. The van der Waals surface area contributed by atoms with Crippen LogP contribution in [0.3, 0.4) is 0 Å². The third kappa shape index (κ3) is 5.69. The Hall–Kier alpha value is -1.63. The van der Waals surface area contributed by atoms with Crippen molar-refractivity contribution in [3.63, 3.8) is 0 Å². The van der Waals surface area contributed by atoms with Crippen molar-refractivity contribution in [1.29, 1.82) is 0 Å². The molecule has 1 amide bonds. The number of carbonyl (C=O) groups is 2. The van der Waals surface area contributed by atoms with Gasteiger partial charge < -0.3 is 15.0 Å². The molecule has 0 aromatic carbocycles. The van der Waals surface area contributed by atoms with Crippen LogP contribution in [0.15, 0.2) is 27.6 Å². The fourth-order valence-corrected chi connectivity index (χ4v) is 1.87. The summed E-state index contributed by atoms with van der Waals surface area (Å²) in [7, 11) is 0. The van der Waals surface area contributed by atoms with Crippen molar-refractivity contribution in [3.8, 4) is 0 Å². The van der Waals surface area contributed by atoms with Gasteiger partial charge in [0.15, 0.2) is 0 Å². The molecule has 0 radical (unpaired) electrons. The monoisotopic (exact) mass is 330 g/mol. The number of carboxylic acid groups (broad SMARTS) is 1. The number of amides is 1. The standard InChI is InChI=1S/C12H15BrN2O4/c1-8(4-12(18)19)5-14-10(16)7-15-6-9(13)2-3-11(15)17/h2-3,6,8H,4-5,7H2,1H3,(H,14,16)(H,18,19). The van der Waals surface area contributed by atoms with Crippen molar-refractivity contribution in [2.75, 3.05) is 6.54 Å². The second kappa shape index (κ2) is 7.08. The summed E-state index contributed by atoms with van der Waals surface area (Å²) in [5.74, 6) is -1.37. The lowest BCUT2D eigenvalue weighted by Crippen LogP contribution is -2.34. The minimum atomic E-state index is -0.898. The van der Waals surface area contributed by atoms with Crippen molar-refractivity contribution in [1.82, 2.24) is 9.88 Å². The van der Waals surface area contributed by atoms with E-state index in [9.17, 15) is 14.4 Å². The molecule has 7 heteroatoms. The molecule has 1 atom stereocenters. The summed E-state index contributed by atoms with van der Waals surface area (Å²) in [5, 5.41) is 11.2. The van der Waals surface area contributed by atoms with E-state index in [-0.39, 0.29) is 36.9 Å². The highest BCUT2D eigenvalue weighted by Gasteiger charge is 2.10. The van der Waals surface area contributed by atoms with Gasteiger partial charge in [0.1, 0.15) is 6.54 Å². The van der Waals surface area contributed by atoms with Crippen molar-refractivity contribution in [2.24, 2.45) is 5.92 Å². The van der Waals surface area contributed by atoms with Gasteiger partial charge in [-0.05, 0) is 27.9 Å². The van der Waals surface area contributed by atoms with Crippen LogP contribution in [0.2, 0.25) is 0 Å². The summed E-state index contributed by atoms with van der Waals surface area (Å²) in [4.78, 5) is 33.6. The van der Waals surface area contributed by atoms with Crippen LogP contribution in [-0.4, -0.2) is 28.1 Å². The first-order valence-electron chi connectivity index (χ1n) is 5.73. The number of nitrogens with one attached hydrogen (secondary N) is 1. The molecule has 0 aliphatic heterocycles. The maximum absolute atomic E-state index is 11.6. The van der Waals surface area contributed by atoms with E-state index in [1.165, 1.54) is 16.8 Å². The number of pyridine rings is 1. The minimum absolute atomic E-state index is 0.00286. The maximum atomic E-state index is 11.6. The van der Waals surface area contributed by atoms with Crippen LogP contribution in [-0.2, 0) is 16.1 Å². The summed E-state index contributed by atoms with van der Waals surface area (Å²) < 4.78 is 1.99. The molecule has 19 heavy (non-hydrogen) atoms. The fourth-order valence-electron chi connectivity index (χ4n) is 1.49. The second-order valence-electron chi connectivity index (χ2n) is 4.32. The van der Waals surface area contributed by atoms with Crippen molar-refractivity contribution >= 4 is 27.8 Å². The average Bonchev–Trinajstić information content (AvgIpc) is 2.30. The number of halogens is 1. The molecule has 0 aliphatic rings. The van der Waals surface area contributed by atoms with Crippen LogP contribution >= 0.6 is 15.9 Å². The van der Waals surface area contributed by atoms with E-state index in [1.54, 1.807) is 13.0 Å². The van der Waals surface area contributed by atoms with E-state index < -0.39 is 5.97 Å². The van der Waals surface area contributed by atoms with E-state index in [0.717, 1.165) is 0 Å². The molecule has 1 aromatic rings. The highest BCUT2D eigenvalue weighted by atomic mass is 79.9. The van der Waals surface area contributed by atoms with Gasteiger partial charge in [0.2, 0.25) is 5.91 Å². The van der Waals surface area contributed by atoms with E-state index in [1.807, 2.05) is 0 Å². The number of carboxylic acids is 1. The number of aromatic nitrogens is 1. The highest BCUT2D eigenvalue weighted by Crippen LogP contribution is 2.04. The molecule has 1 unspecified atom stereocenters. The number of aliphatic carboxylic acids is 1. The van der Waals surface area contributed by atoms with E-state index in [0.29, 0.717) is 4.47 Å². The van der Waals surface area contributed by atoms with Gasteiger partial charge in [-0.2, -0.15) is 0 Å². The van der Waals surface area contributed by atoms with E-state index in [2.05, 4.69) is 21.2 Å². The number of hydrogen-bond donors (Lipinski definition) is 2. The third-order valence-electron chi connectivity index (χ3n) is 2.43. The quantitative estimate of drug-likeness (QED) is 0.808. The summed E-state index contributed by atoms with van der Waals surface area (Å²) >= 11 is 3.22. The first-order chi connectivity index (χ1) is 8.88. The van der Waals surface area contributed by atoms with Crippen LogP contribution in [0, 0.1) is 5.92 Å². The van der Waals surface area contributed by atoms with Crippen LogP contribution in [0.25, 0.3) is 0 Å². The third-order valence-corrected chi connectivity index (χ3v) is 2.90. The molecule has 1 aromatic heterocycles. The zero-order valence-corrected chi connectivity index (χ0v) is 12.0. The number of nitrogens with zero attached hydrogens (tertiary/aromatic N) is 1. The molecule has 104 valence electrons. The zero-order chi connectivity index (χ0) is 14.4. The van der Waals surface area contributed by atoms with Crippen LogP contribution in [0.4, 0.5) is 0 Å². The molecular weight excluding hydrogens is 316 g/mol. The summed E-state index contributed by atoms with van der Waals surface area (Å²) in [6.45, 7) is 1.92. The van der Waals surface area contributed by atoms with Gasteiger partial charge in [-0.1, -0.05) is 6.92 Å². The van der Waals surface area contributed by atoms with E-state index >= 15 is 0 Å². The first kappa shape index (κ1) is 15.4. The molecule has 0 bridgehead atoms. The van der Waals surface area contributed by atoms with Crippen molar-refractivity contribution < 1.29 is 14.7 Å². The smallest absolute Gasteiger partial charge is 0.303 e. The highest BCUT2D eigenvalue weighted by molar-refractivity contribution is 9.10. The predicted molar refractivity (Wildman–Crippen MR) is 72.8 cm³/mol. The molecule has 2 N–H and O–H groups in total. The lowest BCUT2D eigenvalue weighted by Gasteiger charge is -2.11. The second-order valence-corrected chi connectivity index (χ2v) is 5.24. The molecule has 0 spiro atoms. The van der Waals surface area contributed by atoms with Crippen molar-refractivity contribution in [2.45, 2.75) is 19.9 Å². The summed E-state index contributed by atoms with van der Waals surface area (Å²) in [5.41, 5.74) is -0.267. The lowest BCUT2D eigenvalue weighted by atomic mass is 10.1. The Labute approximate surface area is 118 Å². The lowest BCUT2D eigenvalue weighted by molar-refractivity contribution is -0.138. The molecule has 0 saturated heterocycles. The first-order valence-corrected chi connectivity index (χ1v) is 6.52. The summed E-state index contributed by atoms with van der Waals surface area (Å²) in [6.07, 6.45) is 1.53. The molecule has 0 fully saturated rings. The van der Waals surface area contributed by atoms with E-state index in [4.69, 9.17) is 5.11 Å². The molecule has 1 rings (SSSR count). The number of rotatable bonds is 6. The van der Waals surface area contributed by atoms with Gasteiger partial charge in [0.25, 0.3) is 5.56 Å². The van der Waals surface area contributed by atoms with Gasteiger partial charge in [0.05, 0.1) is 0 Å². The Balaban J connectivity index is 2.49. The molecular formula is C12H15BrN2O4. The molecule has 0 aliphatic carbocycles.